The summed E-state index contributed by atoms with van der Waals surface area (Å²) in [6.45, 7) is 1.90. The molecule has 0 atom stereocenters. The molecule has 0 aliphatic heterocycles. The molecule has 0 fully saturated rings. The van der Waals surface area contributed by atoms with Crippen molar-refractivity contribution in [2.24, 2.45) is 0 Å². The van der Waals surface area contributed by atoms with Crippen LogP contribution in [0.25, 0.3) is 6.08 Å². The summed E-state index contributed by atoms with van der Waals surface area (Å²) >= 11 is 3.38. The van der Waals surface area contributed by atoms with Crippen LogP contribution in [0.5, 0.6) is 0 Å². The SMILES string of the molecule is Cc1cc(NS(=O)(=O)C=Cc2ccccc2)ccc1Br. The molecule has 1 N–H and O–H groups in total. The number of sulfonamides is 1. The number of benzene rings is 2. The third-order valence-electron chi connectivity index (χ3n) is 2.66. The van der Waals surface area contributed by atoms with Crippen molar-refractivity contribution in [1.82, 2.24) is 0 Å². The summed E-state index contributed by atoms with van der Waals surface area (Å²) in [5, 5.41) is 1.17. The molecule has 0 radical (unpaired) electrons. The molecule has 0 aromatic heterocycles. The first-order valence-corrected chi connectivity index (χ1v) is 8.32. The molecule has 0 aliphatic carbocycles. The van der Waals surface area contributed by atoms with Crippen molar-refractivity contribution in [1.29, 1.82) is 0 Å². The Hall–Kier alpha value is -1.59. The minimum Gasteiger partial charge on any atom is -0.280 e. The molecule has 5 heteroatoms. The van der Waals surface area contributed by atoms with Crippen LogP contribution in [0.1, 0.15) is 11.1 Å². The standard InChI is InChI=1S/C15H14BrNO2S/c1-12-11-14(7-8-15(12)16)17-20(18,19)10-9-13-5-3-2-4-6-13/h2-11,17H,1H3. The molecular weight excluding hydrogens is 338 g/mol. The summed E-state index contributed by atoms with van der Waals surface area (Å²) in [6, 6.07) is 14.6. The van der Waals surface area contributed by atoms with Gasteiger partial charge in [-0.25, -0.2) is 8.42 Å². The maximum absolute atomic E-state index is 12.0. The number of nitrogens with one attached hydrogen (secondary N) is 1. The van der Waals surface area contributed by atoms with Gasteiger partial charge in [-0.05, 0) is 42.3 Å². The number of halogens is 1. The van der Waals surface area contributed by atoms with E-state index >= 15 is 0 Å². The maximum atomic E-state index is 12.0. The topological polar surface area (TPSA) is 46.2 Å². The third-order valence-corrected chi connectivity index (χ3v) is 4.56. The van der Waals surface area contributed by atoms with E-state index in [0.29, 0.717) is 5.69 Å². The van der Waals surface area contributed by atoms with Crippen molar-refractivity contribution in [3.05, 3.63) is 69.5 Å². The largest absolute Gasteiger partial charge is 0.280 e. The Morgan fingerprint density at radius 1 is 1.10 bits per heavy atom. The lowest BCUT2D eigenvalue weighted by atomic mass is 10.2. The number of hydrogen-bond donors (Lipinski definition) is 1. The summed E-state index contributed by atoms with van der Waals surface area (Å²) in [5.74, 6) is 0. The van der Waals surface area contributed by atoms with Gasteiger partial charge in [-0.3, -0.25) is 4.72 Å². The first-order chi connectivity index (χ1) is 9.46. The number of rotatable bonds is 4. The molecule has 0 heterocycles. The molecule has 0 bridgehead atoms. The molecule has 0 unspecified atom stereocenters. The van der Waals surface area contributed by atoms with E-state index in [-0.39, 0.29) is 0 Å². The predicted octanol–water partition coefficient (Wildman–Crippen LogP) is 4.17. The van der Waals surface area contributed by atoms with E-state index in [1.54, 1.807) is 18.2 Å². The van der Waals surface area contributed by atoms with E-state index in [2.05, 4.69) is 20.7 Å². The fraction of sp³-hybridized carbons (Fsp3) is 0.0667. The van der Waals surface area contributed by atoms with Gasteiger partial charge in [-0.2, -0.15) is 0 Å². The quantitative estimate of drug-likeness (QED) is 0.898. The summed E-state index contributed by atoms with van der Waals surface area (Å²) in [6.07, 6.45) is 1.56. The molecule has 104 valence electrons. The molecule has 2 rings (SSSR count). The van der Waals surface area contributed by atoms with Crippen LogP contribution in [0.15, 0.2) is 58.4 Å². The summed E-state index contributed by atoms with van der Waals surface area (Å²) in [7, 11) is -3.51. The second kappa shape index (κ2) is 6.24. The zero-order valence-electron chi connectivity index (χ0n) is 10.9. The van der Waals surface area contributed by atoms with E-state index < -0.39 is 10.0 Å². The molecule has 0 amide bonds. The fourth-order valence-electron chi connectivity index (χ4n) is 1.64. The van der Waals surface area contributed by atoms with E-state index in [4.69, 9.17) is 0 Å². The van der Waals surface area contributed by atoms with E-state index in [1.165, 1.54) is 5.41 Å². The lowest BCUT2D eigenvalue weighted by Gasteiger charge is -2.06. The van der Waals surface area contributed by atoms with Crippen LogP contribution < -0.4 is 4.72 Å². The van der Waals surface area contributed by atoms with Crippen molar-refractivity contribution in [3.63, 3.8) is 0 Å². The second-order valence-corrected chi connectivity index (χ2v) is 6.75. The smallest absolute Gasteiger partial charge is 0.255 e. The van der Waals surface area contributed by atoms with Gasteiger partial charge in [-0.1, -0.05) is 46.3 Å². The van der Waals surface area contributed by atoms with Crippen LogP contribution in [0, 0.1) is 6.92 Å². The first-order valence-electron chi connectivity index (χ1n) is 5.98. The molecule has 0 aliphatic rings. The molecule has 0 saturated heterocycles. The highest BCUT2D eigenvalue weighted by molar-refractivity contribution is 9.10. The second-order valence-electron chi connectivity index (χ2n) is 4.32. The average Bonchev–Trinajstić information content (AvgIpc) is 2.42. The van der Waals surface area contributed by atoms with Gasteiger partial charge in [-0.15, -0.1) is 0 Å². The monoisotopic (exact) mass is 351 g/mol. The Labute approximate surface area is 127 Å². The normalized spacial score (nSPS) is 11.7. The van der Waals surface area contributed by atoms with Crippen molar-refractivity contribution < 1.29 is 8.42 Å². The van der Waals surface area contributed by atoms with Crippen molar-refractivity contribution in [2.45, 2.75) is 6.92 Å². The summed E-state index contributed by atoms with van der Waals surface area (Å²) < 4.78 is 27.4. The van der Waals surface area contributed by atoms with Crippen molar-refractivity contribution in [3.8, 4) is 0 Å². The van der Waals surface area contributed by atoms with E-state index in [9.17, 15) is 8.42 Å². The highest BCUT2D eigenvalue weighted by atomic mass is 79.9. The van der Waals surface area contributed by atoms with Crippen LogP contribution in [0.2, 0.25) is 0 Å². The molecule has 3 nitrogen and oxygen atoms in total. The molecule has 2 aromatic rings. The van der Waals surface area contributed by atoms with Gasteiger partial charge in [0.15, 0.2) is 0 Å². The molecule has 20 heavy (non-hydrogen) atoms. The fourth-order valence-corrected chi connectivity index (χ4v) is 2.75. The third kappa shape index (κ3) is 4.21. The Bertz CT molecular complexity index is 725. The highest BCUT2D eigenvalue weighted by Crippen LogP contribution is 2.21. The van der Waals surface area contributed by atoms with Crippen molar-refractivity contribution >= 4 is 37.7 Å². The summed E-state index contributed by atoms with van der Waals surface area (Å²) in [5.41, 5.74) is 2.35. The summed E-state index contributed by atoms with van der Waals surface area (Å²) in [4.78, 5) is 0. The zero-order chi connectivity index (χ0) is 14.6. The maximum Gasteiger partial charge on any atom is 0.255 e. The average molecular weight is 352 g/mol. The molecular formula is C15H14BrNO2S. The minimum atomic E-state index is -3.51. The predicted molar refractivity (Wildman–Crippen MR) is 86.9 cm³/mol. The molecule has 0 saturated carbocycles. The number of hydrogen-bond acceptors (Lipinski definition) is 2. The lowest BCUT2D eigenvalue weighted by molar-refractivity contribution is 0.609. The number of anilines is 1. The van der Waals surface area contributed by atoms with Gasteiger partial charge in [0.05, 0.1) is 5.41 Å². The van der Waals surface area contributed by atoms with Crippen LogP contribution in [0.4, 0.5) is 5.69 Å². The Kier molecular flexibility index (Phi) is 4.62. The van der Waals surface area contributed by atoms with Crippen LogP contribution in [-0.4, -0.2) is 8.42 Å². The molecule has 2 aromatic carbocycles. The molecule has 0 spiro atoms. The van der Waals surface area contributed by atoms with E-state index in [1.807, 2.05) is 43.3 Å². The Morgan fingerprint density at radius 2 is 1.80 bits per heavy atom. The van der Waals surface area contributed by atoms with Crippen LogP contribution >= 0.6 is 15.9 Å². The minimum absolute atomic E-state index is 0.545. The Morgan fingerprint density at radius 3 is 2.45 bits per heavy atom. The zero-order valence-corrected chi connectivity index (χ0v) is 13.3. The van der Waals surface area contributed by atoms with Gasteiger partial charge in [0.25, 0.3) is 10.0 Å². The van der Waals surface area contributed by atoms with Crippen molar-refractivity contribution in [2.75, 3.05) is 4.72 Å². The lowest BCUT2D eigenvalue weighted by Crippen LogP contribution is -2.08. The van der Waals surface area contributed by atoms with Gasteiger partial charge in [0.1, 0.15) is 0 Å². The van der Waals surface area contributed by atoms with Crippen LogP contribution in [-0.2, 0) is 10.0 Å². The van der Waals surface area contributed by atoms with Gasteiger partial charge < -0.3 is 0 Å². The number of aryl methyl sites for hydroxylation is 1. The van der Waals surface area contributed by atoms with E-state index in [0.717, 1.165) is 15.6 Å². The van der Waals surface area contributed by atoms with Gasteiger partial charge in [0.2, 0.25) is 0 Å². The highest BCUT2D eigenvalue weighted by Gasteiger charge is 2.06. The van der Waals surface area contributed by atoms with Crippen LogP contribution in [0.3, 0.4) is 0 Å². The van der Waals surface area contributed by atoms with Gasteiger partial charge in [0, 0.05) is 10.2 Å². The first kappa shape index (κ1) is 14.8. The Balaban J connectivity index is 2.15. The van der Waals surface area contributed by atoms with Gasteiger partial charge >= 0.3 is 0 Å².